The third-order valence-electron chi connectivity index (χ3n) is 2.00. The van der Waals surface area contributed by atoms with Crippen LogP contribution in [0.1, 0.15) is 12.5 Å². The highest BCUT2D eigenvalue weighted by Crippen LogP contribution is 2.27. The van der Waals surface area contributed by atoms with Crippen molar-refractivity contribution in [2.24, 2.45) is 5.73 Å². The second kappa shape index (κ2) is 4.75. The number of nitrogens with zero attached hydrogens (tertiary/aromatic N) is 1. The third-order valence-corrected chi connectivity index (χ3v) is 2.00. The van der Waals surface area contributed by atoms with E-state index in [0.717, 1.165) is 5.56 Å². The van der Waals surface area contributed by atoms with Crippen molar-refractivity contribution in [2.45, 2.75) is 19.4 Å². The van der Waals surface area contributed by atoms with Gasteiger partial charge in [-0.1, -0.05) is 6.07 Å². The minimum Gasteiger partial charge on any atom is -0.490 e. The van der Waals surface area contributed by atoms with Crippen LogP contribution in [0, 0.1) is 10.1 Å². The Morgan fingerprint density at radius 1 is 1.60 bits per heavy atom. The summed E-state index contributed by atoms with van der Waals surface area (Å²) in [5, 5.41) is 10.7. The van der Waals surface area contributed by atoms with E-state index in [9.17, 15) is 10.1 Å². The Hall–Kier alpha value is -1.62. The van der Waals surface area contributed by atoms with Gasteiger partial charge in [-0.25, -0.2) is 0 Å². The predicted molar refractivity (Wildman–Crippen MR) is 57.0 cm³/mol. The smallest absolute Gasteiger partial charge is 0.311 e. The molecule has 1 aromatic carbocycles. The molecule has 5 nitrogen and oxygen atoms in total. The average Bonchev–Trinajstić information content (AvgIpc) is 2.16. The summed E-state index contributed by atoms with van der Waals surface area (Å²) in [4.78, 5) is 10.3. The molecule has 0 aliphatic heterocycles. The zero-order valence-corrected chi connectivity index (χ0v) is 8.77. The SMILES string of the molecule is COc1ccc(C[C@H](C)N)cc1[N+](=O)[O-]. The molecular formula is C10H14N2O3. The highest BCUT2D eigenvalue weighted by Gasteiger charge is 2.15. The lowest BCUT2D eigenvalue weighted by Gasteiger charge is -2.06. The minimum atomic E-state index is -0.455. The van der Waals surface area contributed by atoms with Gasteiger partial charge in [-0.15, -0.1) is 0 Å². The summed E-state index contributed by atoms with van der Waals surface area (Å²) < 4.78 is 4.89. The molecule has 0 fully saturated rings. The van der Waals surface area contributed by atoms with Crippen LogP contribution < -0.4 is 10.5 Å². The van der Waals surface area contributed by atoms with E-state index in [4.69, 9.17) is 10.5 Å². The lowest BCUT2D eigenvalue weighted by atomic mass is 10.1. The number of rotatable bonds is 4. The zero-order valence-electron chi connectivity index (χ0n) is 8.77. The first-order chi connectivity index (χ1) is 7.04. The Balaban J connectivity index is 3.05. The molecule has 1 aromatic rings. The van der Waals surface area contributed by atoms with Crippen molar-refractivity contribution in [1.29, 1.82) is 0 Å². The summed E-state index contributed by atoms with van der Waals surface area (Å²) in [6.45, 7) is 1.86. The van der Waals surface area contributed by atoms with E-state index in [0.29, 0.717) is 6.42 Å². The molecule has 15 heavy (non-hydrogen) atoms. The fourth-order valence-electron chi connectivity index (χ4n) is 1.38. The number of hydrogen-bond donors (Lipinski definition) is 1. The molecule has 0 unspecified atom stereocenters. The molecule has 82 valence electrons. The van der Waals surface area contributed by atoms with Gasteiger partial charge in [-0.05, 0) is 25.0 Å². The Morgan fingerprint density at radius 3 is 2.73 bits per heavy atom. The zero-order chi connectivity index (χ0) is 11.4. The van der Waals surface area contributed by atoms with Gasteiger partial charge in [0.2, 0.25) is 0 Å². The van der Waals surface area contributed by atoms with Crippen molar-refractivity contribution in [1.82, 2.24) is 0 Å². The standard InChI is InChI=1S/C10H14N2O3/c1-7(11)5-8-3-4-10(15-2)9(6-8)12(13)14/h3-4,6-7H,5,11H2,1-2H3/t7-/m0/s1. The predicted octanol–water partition coefficient (Wildman–Crippen LogP) is 1.49. The van der Waals surface area contributed by atoms with Crippen LogP contribution in [-0.4, -0.2) is 18.1 Å². The van der Waals surface area contributed by atoms with E-state index in [1.807, 2.05) is 6.92 Å². The number of benzene rings is 1. The average molecular weight is 210 g/mol. The molecule has 0 saturated heterocycles. The number of hydrogen-bond acceptors (Lipinski definition) is 4. The van der Waals surface area contributed by atoms with Gasteiger partial charge in [0, 0.05) is 12.1 Å². The van der Waals surface area contributed by atoms with Crippen LogP contribution >= 0.6 is 0 Å². The number of methoxy groups -OCH3 is 1. The van der Waals surface area contributed by atoms with E-state index >= 15 is 0 Å². The number of nitrogens with two attached hydrogens (primary N) is 1. The highest BCUT2D eigenvalue weighted by molar-refractivity contribution is 5.48. The number of nitro groups is 1. The first-order valence-corrected chi connectivity index (χ1v) is 4.61. The maximum Gasteiger partial charge on any atom is 0.311 e. The maximum atomic E-state index is 10.7. The molecule has 5 heteroatoms. The van der Waals surface area contributed by atoms with Crippen LogP contribution in [0.2, 0.25) is 0 Å². The van der Waals surface area contributed by atoms with Crippen LogP contribution in [0.4, 0.5) is 5.69 Å². The molecule has 0 aliphatic rings. The molecule has 0 saturated carbocycles. The molecule has 0 spiro atoms. The van der Waals surface area contributed by atoms with Crippen molar-refractivity contribution in [3.05, 3.63) is 33.9 Å². The van der Waals surface area contributed by atoms with E-state index < -0.39 is 4.92 Å². The van der Waals surface area contributed by atoms with E-state index in [1.165, 1.54) is 13.2 Å². The molecule has 0 heterocycles. The fraction of sp³-hybridized carbons (Fsp3) is 0.400. The summed E-state index contributed by atoms with van der Waals surface area (Å²) in [5.74, 6) is 0.272. The molecule has 0 aromatic heterocycles. The van der Waals surface area contributed by atoms with E-state index in [-0.39, 0.29) is 17.5 Å². The molecule has 1 rings (SSSR count). The lowest BCUT2D eigenvalue weighted by Crippen LogP contribution is -2.17. The van der Waals surface area contributed by atoms with Crippen LogP contribution in [0.3, 0.4) is 0 Å². The van der Waals surface area contributed by atoms with Gasteiger partial charge in [0.25, 0.3) is 0 Å². The largest absolute Gasteiger partial charge is 0.490 e. The summed E-state index contributed by atoms with van der Waals surface area (Å²) in [6.07, 6.45) is 0.616. The molecule has 2 N–H and O–H groups in total. The molecule has 0 aliphatic carbocycles. The van der Waals surface area contributed by atoms with Crippen molar-refractivity contribution in [2.75, 3.05) is 7.11 Å². The first-order valence-electron chi connectivity index (χ1n) is 4.61. The number of ether oxygens (including phenoxy) is 1. The van der Waals surface area contributed by atoms with Crippen molar-refractivity contribution < 1.29 is 9.66 Å². The van der Waals surface area contributed by atoms with Gasteiger partial charge in [0.1, 0.15) is 0 Å². The van der Waals surface area contributed by atoms with Crippen LogP contribution in [-0.2, 0) is 6.42 Å². The van der Waals surface area contributed by atoms with Crippen molar-refractivity contribution in [3.8, 4) is 5.75 Å². The molecular weight excluding hydrogens is 196 g/mol. The molecule has 1 atom stereocenters. The first kappa shape index (κ1) is 11.5. The molecule has 0 bridgehead atoms. The van der Waals surface area contributed by atoms with Crippen LogP contribution in [0.5, 0.6) is 5.75 Å². The Morgan fingerprint density at radius 2 is 2.27 bits per heavy atom. The van der Waals surface area contributed by atoms with E-state index in [1.54, 1.807) is 12.1 Å². The van der Waals surface area contributed by atoms with Gasteiger partial charge >= 0.3 is 5.69 Å². The molecule has 0 radical (unpaired) electrons. The van der Waals surface area contributed by atoms with Gasteiger partial charge in [-0.2, -0.15) is 0 Å². The quantitative estimate of drug-likeness (QED) is 0.603. The normalized spacial score (nSPS) is 12.2. The second-order valence-electron chi connectivity index (χ2n) is 3.44. The van der Waals surface area contributed by atoms with Gasteiger partial charge < -0.3 is 10.5 Å². The summed E-state index contributed by atoms with van der Waals surface area (Å²) in [7, 11) is 1.41. The monoisotopic (exact) mass is 210 g/mol. The Bertz CT molecular complexity index is 364. The highest BCUT2D eigenvalue weighted by atomic mass is 16.6. The summed E-state index contributed by atoms with van der Waals surface area (Å²) in [6, 6.07) is 4.87. The third kappa shape index (κ3) is 2.92. The van der Waals surface area contributed by atoms with Crippen molar-refractivity contribution >= 4 is 5.69 Å². The van der Waals surface area contributed by atoms with Gasteiger partial charge in [0.15, 0.2) is 5.75 Å². The van der Waals surface area contributed by atoms with E-state index in [2.05, 4.69) is 0 Å². The minimum absolute atomic E-state index is 0.0157. The maximum absolute atomic E-state index is 10.7. The van der Waals surface area contributed by atoms with Crippen LogP contribution in [0.15, 0.2) is 18.2 Å². The van der Waals surface area contributed by atoms with Gasteiger partial charge in [0.05, 0.1) is 12.0 Å². The summed E-state index contributed by atoms with van der Waals surface area (Å²) in [5.41, 5.74) is 6.45. The second-order valence-corrected chi connectivity index (χ2v) is 3.44. The van der Waals surface area contributed by atoms with Gasteiger partial charge in [-0.3, -0.25) is 10.1 Å². The summed E-state index contributed by atoms with van der Waals surface area (Å²) >= 11 is 0. The Labute approximate surface area is 88.0 Å². The topological polar surface area (TPSA) is 78.4 Å². The van der Waals surface area contributed by atoms with Crippen molar-refractivity contribution in [3.63, 3.8) is 0 Å². The Kier molecular flexibility index (Phi) is 3.62. The number of nitro benzene ring substituents is 1. The molecule has 0 amide bonds. The van der Waals surface area contributed by atoms with Crippen LogP contribution in [0.25, 0.3) is 0 Å². The fourth-order valence-corrected chi connectivity index (χ4v) is 1.38. The lowest BCUT2D eigenvalue weighted by molar-refractivity contribution is -0.385.